The van der Waals surface area contributed by atoms with Crippen molar-refractivity contribution in [1.82, 2.24) is 9.97 Å². The number of nitrogens with zero attached hydrogens (tertiary/aromatic N) is 3. The highest BCUT2D eigenvalue weighted by atomic mass is 35.5. The smallest absolute Gasteiger partial charge is 0.151 e. The fourth-order valence-corrected chi connectivity index (χ4v) is 2.31. The van der Waals surface area contributed by atoms with Gasteiger partial charge in [0.05, 0.1) is 6.20 Å². The summed E-state index contributed by atoms with van der Waals surface area (Å²) in [6.07, 6.45) is 5.56. The topological polar surface area (TPSA) is 55.0 Å². The third kappa shape index (κ3) is 2.79. The standard InChI is InChI=1S/C14H15ClN4/c15-13-7-17-9-18-14(13)19(12-5-6-12)8-10-1-3-11(16)4-2-10/h1-4,7,9,12H,5-6,8,16H2. The number of nitrogen functional groups attached to an aromatic ring is 1. The van der Waals surface area contributed by atoms with Gasteiger partial charge in [-0.05, 0) is 30.5 Å². The van der Waals surface area contributed by atoms with Crippen molar-refractivity contribution in [2.24, 2.45) is 0 Å². The number of hydrogen-bond donors (Lipinski definition) is 1. The van der Waals surface area contributed by atoms with Crippen molar-refractivity contribution in [2.75, 3.05) is 10.6 Å². The Morgan fingerprint density at radius 1 is 1.26 bits per heavy atom. The zero-order valence-electron chi connectivity index (χ0n) is 10.5. The van der Waals surface area contributed by atoms with Gasteiger partial charge in [-0.3, -0.25) is 0 Å². The highest BCUT2D eigenvalue weighted by Gasteiger charge is 2.31. The molecule has 4 nitrogen and oxygen atoms in total. The molecular weight excluding hydrogens is 260 g/mol. The van der Waals surface area contributed by atoms with E-state index in [0.29, 0.717) is 11.1 Å². The van der Waals surface area contributed by atoms with Gasteiger partial charge in [-0.2, -0.15) is 0 Å². The molecule has 1 aliphatic carbocycles. The number of hydrogen-bond acceptors (Lipinski definition) is 4. The van der Waals surface area contributed by atoms with Crippen LogP contribution in [0.25, 0.3) is 0 Å². The fourth-order valence-electron chi connectivity index (χ4n) is 2.10. The van der Waals surface area contributed by atoms with Crippen LogP contribution in [-0.2, 0) is 6.54 Å². The zero-order valence-corrected chi connectivity index (χ0v) is 11.2. The molecule has 19 heavy (non-hydrogen) atoms. The third-order valence-corrected chi connectivity index (χ3v) is 3.51. The lowest BCUT2D eigenvalue weighted by Gasteiger charge is -2.24. The Labute approximate surface area is 117 Å². The fraction of sp³-hybridized carbons (Fsp3) is 0.286. The average Bonchev–Trinajstić information content (AvgIpc) is 3.24. The normalized spacial score (nSPS) is 14.4. The monoisotopic (exact) mass is 274 g/mol. The molecule has 1 aromatic heterocycles. The Bertz CT molecular complexity index is 566. The van der Waals surface area contributed by atoms with Gasteiger partial charge >= 0.3 is 0 Å². The molecule has 2 aromatic rings. The van der Waals surface area contributed by atoms with E-state index in [-0.39, 0.29) is 0 Å². The van der Waals surface area contributed by atoms with Crippen LogP contribution in [0, 0.1) is 0 Å². The van der Waals surface area contributed by atoms with E-state index >= 15 is 0 Å². The van der Waals surface area contributed by atoms with Gasteiger partial charge in [-0.25, -0.2) is 9.97 Å². The van der Waals surface area contributed by atoms with Crippen molar-refractivity contribution in [2.45, 2.75) is 25.4 Å². The van der Waals surface area contributed by atoms with Crippen LogP contribution in [0.15, 0.2) is 36.8 Å². The van der Waals surface area contributed by atoms with Crippen LogP contribution in [0.5, 0.6) is 0 Å². The molecule has 0 radical (unpaired) electrons. The van der Waals surface area contributed by atoms with Gasteiger partial charge in [0.25, 0.3) is 0 Å². The molecule has 0 bridgehead atoms. The van der Waals surface area contributed by atoms with E-state index < -0.39 is 0 Å². The molecule has 1 aliphatic rings. The summed E-state index contributed by atoms with van der Waals surface area (Å²) in [5.74, 6) is 0.816. The first-order valence-electron chi connectivity index (χ1n) is 6.30. The van der Waals surface area contributed by atoms with Crippen LogP contribution < -0.4 is 10.6 Å². The molecule has 0 unspecified atom stereocenters. The highest BCUT2D eigenvalue weighted by molar-refractivity contribution is 6.32. The molecule has 0 aliphatic heterocycles. The SMILES string of the molecule is Nc1ccc(CN(c2ncncc2Cl)C2CC2)cc1. The molecule has 0 saturated heterocycles. The number of aromatic nitrogens is 2. The number of nitrogens with two attached hydrogens (primary N) is 1. The number of halogens is 1. The van der Waals surface area contributed by atoms with Gasteiger partial charge in [-0.15, -0.1) is 0 Å². The van der Waals surface area contributed by atoms with E-state index in [4.69, 9.17) is 17.3 Å². The Kier molecular flexibility index (Phi) is 3.25. The zero-order chi connectivity index (χ0) is 13.2. The van der Waals surface area contributed by atoms with E-state index in [1.807, 2.05) is 24.3 Å². The number of rotatable bonds is 4. The van der Waals surface area contributed by atoms with Gasteiger partial charge < -0.3 is 10.6 Å². The van der Waals surface area contributed by atoms with Gasteiger partial charge in [0.2, 0.25) is 0 Å². The van der Waals surface area contributed by atoms with Crippen molar-refractivity contribution >= 4 is 23.1 Å². The summed E-state index contributed by atoms with van der Waals surface area (Å²) < 4.78 is 0. The predicted octanol–water partition coefficient (Wildman–Crippen LogP) is 2.88. The van der Waals surface area contributed by atoms with Gasteiger partial charge in [0.15, 0.2) is 5.82 Å². The van der Waals surface area contributed by atoms with Gasteiger partial charge in [0.1, 0.15) is 11.3 Å². The van der Waals surface area contributed by atoms with Crippen LogP contribution in [-0.4, -0.2) is 16.0 Å². The molecule has 1 heterocycles. The van der Waals surface area contributed by atoms with E-state index in [9.17, 15) is 0 Å². The van der Waals surface area contributed by atoms with Crippen LogP contribution in [0.3, 0.4) is 0 Å². The summed E-state index contributed by atoms with van der Waals surface area (Å²) in [5.41, 5.74) is 7.69. The molecule has 0 spiro atoms. The molecule has 3 rings (SSSR count). The van der Waals surface area contributed by atoms with Crippen LogP contribution in [0.4, 0.5) is 11.5 Å². The van der Waals surface area contributed by atoms with Crippen molar-refractivity contribution in [3.63, 3.8) is 0 Å². The first-order valence-corrected chi connectivity index (χ1v) is 6.68. The Morgan fingerprint density at radius 3 is 2.63 bits per heavy atom. The molecule has 0 atom stereocenters. The quantitative estimate of drug-likeness (QED) is 0.871. The maximum atomic E-state index is 6.20. The van der Waals surface area contributed by atoms with E-state index in [2.05, 4.69) is 14.9 Å². The highest BCUT2D eigenvalue weighted by Crippen LogP contribution is 2.35. The predicted molar refractivity (Wildman–Crippen MR) is 77.1 cm³/mol. The van der Waals surface area contributed by atoms with Crippen molar-refractivity contribution in [1.29, 1.82) is 0 Å². The van der Waals surface area contributed by atoms with Crippen LogP contribution in [0.1, 0.15) is 18.4 Å². The summed E-state index contributed by atoms with van der Waals surface area (Å²) >= 11 is 6.20. The third-order valence-electron chi connectivity index (χ3n) is 3.24. The Hall–Kier alpha value is -1.81. The Balaban J connectivity index is 1.86. The maximum Gasteiger partial charge on any atom is 0.151 e. The minimum absolute atomic E-state index is 0.532. The molecule has 2 N–H and O–H groups in total. The summed E-state index contributed by atoms with van der Waals surface area (Å²) in [6.45, 7) is 0.793. The molecule has 5 heteroatoms. The molecule has 98 valence electrons. The van der Waals surface area contributed by atoms with Crippen molar-refractivity contribution in [3.8, 4) is 0 Å². The van der Waals surface area contributed by atoms with Crippen LogP contribution in [0.2, 0.25) is 5.02 Å². The van der Waals surface area contributed by atoms with Gasteiger partial charge in [0, 0.05) is 18.3 Å². The minimum atomic E-state index is 0.532. The summed E-state index contributed by atoms with van der Waals surface area (Å²) in [5, 5.41) is 0.602. The van der Waals surface area contributed by atoms with Crippen molar-refractivity contribution in [3.05, 3.63) is 47.4 Å². The number of anilines is 2. The lowest BCUT2D eigenvalue weighted by Crippen LogP contribution is -2.26. The second-order valence-electron chi connectivity index (χ2n) is 4.79. The Morgan fingerprint density at radius 2 is 2.00 bits per heavy atom. The second kappa shape index (κ2) is 5.05. The van der Waals surface area contributed by atoms with E-state index in [1.165, 1.54) is 18.4 Å². The largest absolute Gasteiger partial charge is 0.399 e. The molecule has 0 amide bonds. The van der Waals surface area contributed by atoms with E-state index in [0.717, 1.165) is 18.1 Å². The van der Waals surface area contributed by atoms with Gasteiger partial charge in [-0.1, -0.05) is 23.7 Å². The second-order valence-corrected chi connectivity index (χ2v) is 5.20. The average molecular weight is 275 g/mol. The lowest BCUT2D eigenvalue weighted by atomic mass is 10.2. The molecule has 1 saturated carbocycles. The number of benzene rings is 1. The molecular formula is C14H15ClN4. The van der Waals surface area contributed by atoms with E-state index in [1.54, 1.807) is 12.5 Å². The first-order chi connectivity index (χ1) is 9.24. The summed E-state index contributed by atoms with van der Waals surface area (Å²) in [4.78, 5) is 10.5. The maximum absolute atomic E-state index is 6.20. The van der Waals surface area contributed by atoms with Crippen molar-refractivity contribution < 1.29 is 0 Å². The summed E-state index contributed by atoms with van der Waals surface area (Å²) in [6, 6.07) is 8.45. The minimum Gasteiger partial charge on any atom is -0.399 e. The van der Waals surface area contributed by atoms with Crippen LogP contribution >= 0.6 is 11.6 Å². The molecule has 1 aromatic carbocycles. The molecule has 1 fully saturated rings. The summed E-state index contributed by atoms with van der Waals surface area (Å²) in [7, 11) is 0. The lowest BCUT2D eigenvalue weighted by molar-refractivity contribution is 0.775. The first kappa shape index (κ1) is 12.2.